The van der Waals surface area contributed by atoms with Crippen LogP contribution in [0.3, 0.4) is 0 Å². The number of ketones is 1. The van der Waals surface area contributed by atoms with Gasteiger partial charge in [-0.15, -0.1) is 0 Å². The van der Waals surface area contributed by atoms with E-state index in [2.05, 4.69) is 0 Å². The number of esters is 1. The minimum atomic E-state index is -1.76. The van der Waals surface area contributed by atoms with E-state index < -0.39 is 28.8 Å². The Labute approximate surface area is 182 Å². The van der Waals surface area contributed by atoms with Crippen LogP contribution >= 0.6 is 0 Å². The molecule has 0 amide bonds. The third-order valence-corrected chi connectivity index (χ3v) is 7.32. The molecular formula is C25H30O6. The summed E-state index contributed by atoms with van der Waals surface area (Å²) in [6, 6.07) is 9.38. The maximum absolute atomic E-state index is 12.8. The maximum atomic E-state index is 12.8. The molecule has 1 aromatic rings. The normalized spacial score (nSPS) is 37.3. The topological polar surface area (TPSA) is 104 Å². The summed E-state index contributed by atoms with van der Waals surface area (Å²) in [5.74, 6) is -2.27. The number of carbonyl (C=O) groups is 2. The monoisotopic (exact) mass is 426 g/mol. The van der Waals surface area contributed by atoms with Crippen LogP contribution in [0.1, 0.15) is 38.7 Å². The summed E-state index contributed by atoms with van der Waals surface area (Å²) in [5.41, 5.74) is -1.30. The van der Waals surface area contributed by atoms with Crippen molar-refractivity contribution in [2.75, 3.05) is 6.61 Å². The average molecular weight is 427 g/mol. The Bertz CT molecular complexity index is 935. The SMILES string of the molecule is CC1=C[C@@H]2C(O)(CC(CO)=CC3C[C@@H](OC(=O)Cc4ccccc4)C[C@@H](C)[C@@]32O)C1=O. The molecule has 3 N–H and O–H groups in total. The Kier molecular flexibility index (Phi) is 5.66. The summed E-state index contributed by atoms with van der Waals surface area (Å²) < 4.78 is 5.76. The fourth-order valence-corrected chi connectivity index (χ4v) is 5.79. The van der Waals surface area contributed by atoms with Crippen LogP contribution in [0, 0.1) is 17.8 Å². The minimum Gasteiger partial charge on any atom is -0.462 e. The standard InChI is InChI=1S/C25H30O6/c1-15-8-21-24(29,23(15)28)13-18(14-26)10-19-12-20(9-16(2)25(19,21)30)31-22(27)11-17-6-4-3-5-7-17/h3-8,10,16,19-21,26,29-30H,9,11-14H2,1-2H3/t16-,19?,20+,21-,24?,25-/m1/s1. The smallest absolute Gasteiger partial charge is 0.310 e. The first kappa shape index (κ1) is 21.9. The van der Waals surface area contributed by atoms with Crippen molar-refractivity contribution in [2.24, 2.45) is 17.8 Å². The Hall–Kier alpha value is -2.28. The summed E-state index contributed by atoms with van der Waals surface area (Å²) in [5, 5.41) is 33.1. The molecule has 3 aliphatic carbocycles. The van der Waals surface area contributed by atoms with Gasteiger partial charge in [0.1, 0.15) is 11.7 Å². The van der Waals surface area contributed by atoms with Crippen molar-refractivity contribution in [2.45, 2.75) is 56.8 Å². The molecule has 1 fully saturated rings. The molecule has 6 nitrogen and oxygen atoms in total. The van der Waals surface area contributed by atoms with Crippen LogP contribution in [0.25, 0.3) is 0 Å². The van der Waals surface area contributed by atoms with E-state index in [1.54, 1.807) is 19.1 Å². The van der Waals surface area contributed by atoms with Crippen LogP contribution in [0.4, 0.5) is 0 Å². The summed E-state index contributed by atoms with van der Waals surface area (Å²) in [7, 11) is 0. The van der Waals surface area contributed by atoms with Gasteiger partial charge < -0.3 is 20.1 Å². The van der Waals surface area contributed by atoms with Crippen molar-refractivity contribution < 1.29 is 29.6 Å². The predicted molar refractivity (Wildman–Crippen MR) is 114 cm³/mol. The summed E-state index contributed by atoms with van der Waals surface area (Å²) in [6.07, 6.45) is 4.05. The molecule has 4 rings (SSSR count). The number of Topliss-reactive ketones (excluding diaryl/α,β-unsaturated/α-hetero) is 1. The lowest BCUT2D eigenvalue weighted by Crippen LogP contribution is -2.60. The number of carbonyl (C=O) groups excluding carboxylic acids is 2. The lowest BCUT2D eigenvalue weighted by Gasteiger charge is -2.50. The Morgan fingerprint density at radius 1 is 1.16 bits per heavy atom. The zero-order valence-electron chi connectivity index (χ0n) is 18.0. The van der Waals surface area contributed by atoms with Crippen LogP contribution in [-0.2, 0) is 20.7 Å². The van der Waals surface area contributed by atoms with E-state index in [-0.39, 0.29) is 37.4 Å². The van der Waals surface area contributed by atoms with Gasteiger partial charge in [0.15, 0.2) is 5.78 Å². The minimum absolute atomic E-state index is 0.00910. The molecule has 0 spiro atoms. The molecule has 3 aliphatic rings. The van der Waals surface area contributed by atoms with Crippen LogP contribution in [-0.4, -0.2) is 51.0 Å². The predicted octanol–water partition coefficient (Wildman–Crippen LogP) is 2.12. The van der Waals surface area contributed by atoms with Gasteiger partial charge in [0.2, 0.25) is 0 Å². The van der Waals surface area contributed by atoms with Gasteiger partial charge in [-0.05, 0) is 42.4 Å². The summed E-state index contributed by atoms with van der Waals surface area (Å²) in [4.78, 5) is 25.3. The molecule has 166 valence electrons. The van der Waals surface area contributed by atoms with E-state index in [0.717, 1.165) is 5.56 Å². The quantitative estimate of drug-likeness (QED) is 0.503. The highest BCUT2D eigenvalue weighted by atomic mass is 16.5. The van der Waals surface area contributed by atoms with Crippen molar-refractivity contribution in [1.82, 2.24) is 0 Å². The van der Waals surface area contributed by atoms with Gasteiger partial charge in [-0.25, -0.2) is 0 Å². The second-order valence-corrected chi connectivity index (χ2v) is 9.38. The number of rotatable bonds is 4. The maximum Gasteiger partial charge on any atom is 0.310 e. The zero-order chi connectivity index (χ0) is 22.4. The third-order valence-electron chi connectivity index (χ3n) is 7.32. The van der Waals surface area contributed by atoms with Crippen molar-refractivity contribution in [3.05, 3.63) is 59.2 Å². The lowest BCUT2D eigenvalue weighted by molar-refractivity contribution is -0.184. The third kappa shape index (κ3) is 3.67. The highest BCUT2D eigenvalue weighted by Crippen LogP contribution is 2.54. The van der Waals surface area contributed by atoms with Gasteiger partial charge in [-0.3, -0.25) is 9.59 Å². The molecule has 6 heteroatoms. The Morgan fingerprint density at radius 3 is 2.55 bits per heavy atom. The molecule has 1 aromatic carbocycles. The first-order valence-corrected chi connectivity index (χ1v) is 10.9. The van der Waals surface area contributed by atoms with E-state index in [9.17, 15) is 24.9 Å². The lowest BCUT2D eigenvalue weighted by atomic mass is 9.60. The number of benzene rings is 1. The molecule has 0 saturated heterocycles. The molecule has 0 aliphatic heterocycles. The molecule has 0 aromatic heterocycles. The van der Waals surface area contributed by atoms with Crippen LogP contribution in [0.5, 0.6) is 0 Å². The first-order chi connectivity index (χ1) is 14.7. The number of fused-ring (bicyclic) bond motifs is 3. The van der Waals surface area contributed by atoms with Crippen LogP contribution < -0.4 is 0 Å². The highest BCUT2D eigenvalue weighted by Gasteiger charge is 2.63. The first-order valence-electron chi connectivity index (χ1n) is 10.9. The van der Waals surface area contributed by atoms with E-state index in [4.69, 9.17) is 4.74 Å². The van der Waals surface area contributed by atoms with Gasteiger partial charge in [0.25, 0.3) is 0 Å². The van der Waals surface area contributed by atoms with E-state index in [1.165, 1.54) is 0 Å². The van der Waals surface area contributed by atoms with Crippen molar-refractivity contribution in [3.63, 3.8) is 0 Å². The summed E-state index contributed by atoms with van der Waals surface area (Å²) >= 11 is 0. The van der Waals surface area contributed by atoms with Gasteiger partial charge in [-0.1, -0.05) is 49.4 Å². The van der Waals surface area contributed by atoms with Crippen molar-refractivity contribution >= 4 is 11.8 Å². The molecule has 1 saturated carbocycles. The fraction of sp³-hybridized carbons (Fsp3) is 0.520. The number of hydrogen-bond donors (Lipinski definition) is 3. The molecule has 31 heavy (non-hydrogen) atoms. The number of ether oxygens (including phenoxy) is 1. The molecule has 2 unspecified atom stereocenters. The largest absolute Gasteiger partial charge is 0.462 e. The Balaban J connectivity index is 1.59. The van der Waals surface area contributed by atoms with Crippen LogP contribution in [0.2, 0.25) is 0 Å². The zero-order valence-corrected chi connectivity index (χ0v) is 18.0. The van der Waals surface area contributed by atoms with E-state index in [1.807, 2.05) is 37.3 Å². The highest BCUT2D eigenvalue weighted by molar-refractivity contribution is 6.04. The average Bonchev–Trinajstić information content (AvgIpc) is 2.90. The number of hydrogen-bond acceptors (Lipinski definition) is 6. The van der Waals surface area contributed by atoms with Gasteiger partial charge >= 0.3 is 5.97 Å². The Morgan fingerprint density at radius 2 is 1.87 bits per heavy atom. The molecule has 0 radical (unpaired) electrons. The number of aliphatic hydroxyl groups is 3. The van der Waals surface area contributed by atoms with Gasteiger partial charge in [0.05, 0.1) is 18.6 Å². The van der Waals surface area contributed by atoms with Crippen molar-refractivity contribution in [3.8, 4) is 0 Å². The second-order valence-electron chi connectivity index (χ2n) is 9.38. The summed E-state index contributed by atoms with van der Waals surface area (Å²) in [6.45, 7) is 3.21. The van der Waals surface area contributed by atoms with Gasteiger partial charge in [-0.2, -0.15) is 0 Å². The molecule has 0 bridgehead atoms. The number of aliphatic hydroxyl groups excluding tert-OH is 1. The van der Waals surface area contributed by atoms with E-state index in [0.29, 0.717) is 24.0 Å². The fourth-order valence-electron chi connectivity index (χ4n) is 5.79. The molecule has 6 atom stereocenters. The molecular weight excluding hydrogens is 396 g/mol. The molecule has 0 heterocycles. The second kappa shape index (κ2) is 8.01. The van der Waals surface area contributed by atoms with Crippen molar-refractivity contribution in [1.29, 1.82) is 0 Å². The van der Waals surface area contributed by atoms with E-state index >= 15 is 0 Å². The van der Waals surface area contributed by atoms with Gasteiger partial charge in [0, 0.05) is 18.3 Å². The van der Waals surface area contributed by atoms with Crippen LogP contribution in [0.15, 0.2) is 53.6 Å².